The molecule has 0 radical (unpaired) electrons. The minimum absolute atomic E-state index is 0.447. The molecule has 0 unspecified atom stereocenters. The predicted octanol–water partition coefficient (Wildman–Crippen LogP) is 6.31. The van der Waals surface area contributed by atoms with Gasteiger partial charge in [0.2, 0.25) is 0 Å². The Morgan fingerprint density at radius 3 is 1.12 bits per heavy atom. The highest BCUT2D eigenvalue weighted by molar-refractivity contribution is 6.82. The van der Waals surface area contributed by atoms with Crippen molar-refractivity contribution < 1.29 is 14.3 Å². The largest absolute Gasteiger partial charge is 0.507 e. The Bertz CT molecular complexity index is 360. The van der Waals surface area contributed by atoms with Gasteiger partial charge in [-0.25, -0.2) is 4.79 Å². The predicted molar refractivity (Wildman–Crippen MR) is 118 cm³/mol. The first-order valence-corrected chi connectivity index (χ1v) is 23.6. The first kappa shape index (κ1) is 24.1. The smallest absolute Gasteiger partial charge is 0.438 e. The summed E-state index contributed by atoms with van der Waals surface area (Å²) in [4.78, 5) is 12.0. The zero-order chi connectivity index (χ0) is 19.2. The number of carbonyl (C=O) groups is 1. The fourth-order valence-corrected chi connectivity index (χ4v) is 14.8. The van der Waals surface area contributed by atoms with Gasteiger partial charge in [-0.3, -0.25) is 0 Å². The van der Waals surface area contributed by atoms with Gasteiger partial charge in [0.15, 0.2) is 0 Å². The Morgan fingerprint density at radius 1 is 0.583 bits per heavy atom. The molecular formula is C17H42O3Si4. The molecule has 0 bridgehead atoms. The number of ether oxygens (including phenoxy) is 2. The van der Waals surface area contributed by atoms with Crippen molar-refractivity contribution in [3.8, 4) is 0 Å². The van der Waals surface area contributed by atoms with Crippen LogP contribution in [0.1, 0.15) is 0 Å². The number of hydrogen-bond donors (Lipinski definition) is 0. The van der Waals surface area contributed by atoms with Crippen molar-refractivity contribution >= 4 is 38.5 Å². The maximum atomic E-state index is 12.0. The summed E-state index contributed by atoms with van der Waals surface area (Å²) < 4.78 is 10.9. The van der Waals surface area contributed by atoms with Crippen LogP contribution >= 0.6 is 0 Å². The van der Waals surface area contributed by atoms with Crippen LogP contribution in [-0.2, 0) is 9.47 Å². The molecular weight excluding hydrogens is 365 g/mol. The lowest BCUT2D eigenvalue weighted by Gasteiger charge is -2.27. The van der Waals surface area contributed by atoms with E-state index in [0.717, 1.165) is 0 Å². The van der Waals surface area contributed by atoms with E-state index in [-0.39, 0.29) is 0 Å². The fourth-order valence-electron chi connectivity index (χ4n) is 2.12. The first-order valence-electron chi connectivity index (χ1n) is 9.31. The van der Waals surface area contributed by atoms with Crippen molar-refractivity contribution in [1.29, 1.82) is 0 Å². The summed E-state index contributed by atoms with van der Waals surface area (Å²) in [6, 6.07) is 5.13. The van der Waals surface area contributed by atoms with Crippen LogP contribution in [0.3, 0.4) is 0 Å². The second-order valence-electron chi connectivity index (χ2n) is 11.3. The van der Waals surface area contributed by atoms with Gasteiger partial charge in [0.25, 0.3) is 0 Å². The lowest BCUT2D eigenvalue weighted by atomic mass is 10.9. The van der Waals surface area contributed by atoms with E-state index in [1.165, 1.54) is 24.2 Å². The highest BCUT2D eigenvalue weighted by Gasteiger charge is 2.29. The van der Waals surface area contributed by atoms with Crippen molar-refractivity contribution in [3.05, 3.63) is 0 Å². The second-order valence-corrected chi connectivity index (χ2v) is 32.8. The van der Waals surface area contributed by atoms with Gasteiger partial charge in [-0.2, -0.15) is 0 Å². The Balaban J connectivity index is 4.17. The molecule has 0 aromatic rings. The molecule has 0 heterocycles. The molecule has 0 amide bonds. The van der Waals surface area contributed by atoms with Crippen LogP contribution in [0.2, 0.25) is 89.6 Å². The Labute approximate surface area is 154 Å². The maximum Gasteiger partial charge on any atom is 0.507 e. The Kier molecular flexibility index (Phi) is 9.24. The molecule has 24 heavy (non-hydrogen) atoms. The van der Waals surface area contributed by atoms with Crippen molar-refractivity contribution in [2.24, 2.45) is 0 Å². The third kappa shape index (κ3) is 14.5. The average molecular weight is 407 g/mol. The van der Waals surface area contributed by atoms with E-state index >= 15 is 0 Å². The highest BCUT2D eigenvalue weighted by Crippen LogP contribution is 2.22. The van der Waals surface area contributed by atoms with E-state index in [4.69, 9.17) is 9.47 Å². The summed E-state index contributed by atoms with van der Waals surface area (Å²) in [5.74, 6) is 0. The lowest BCUT2D eigenvalue weighted by Crippen LogP contribution is -2.39. The minimum atomic E-state index is -1.46. The summed E-state index contributed by atoms with van der Waals surface area (Å²) >= 11 is 0. The molecule has 3 nitrogen and oxygen atoms in total. The van der Waals surface area contributed by atoms with Crippen molar-refractivity contribution in [2.45, 2.75) is 89.6 Å². The van der Waals surface area contributed by atoms with E-state index in [2.05, 4.69) is 65.5 Å². The van der Waals surface area contributed by atoms with E-state index in [9.17, 15) is 4.79 Å². The first-order chi connectivity index (χ1) is 10.5. The van der Waals surface area contributed by atoms with E-state index in [1.807, 2.05) is 0 Å². The molecule has 7 heteroatoms. The molecule has 0 N–H and O–H groups in total. The van der Waals surface area contributed by atoms with Gasteiger partial charge in [-0.05, 0) is 0 Å². The number of carbonyl (C=O) groups excluding carboxylic acids is 1. The zero-order valence-electron chi connectivity index (χ0n) is 18.0. The molecule has 0 aliphatic heterocycles. The summed E-state index contributed by atoms with van der Waals surface area (Å²) in [7, 11) is -4.96. The van der Waals surface area contributed by atoms with Gasteiger partial charge in [-0.15, -0.1) is 0 Å². The van der Waals surface area contributed by atoms with E-state index in [1.54, 1.807) is 0 Å². The van der Waals surface area contributed by atoms with Gasteiger partial charge in [0.1, 0.15) is 0 Å². The number of hydrogen-bond acceptors (Lipinski definition) is 3. The van der Waals surface area contributed by atoms with Crippen LogP contribution in [0.5, 0.6) is 0 Å². The molecule has 144 valence electrons. The third-order valence-electron chi connectivity index (χ3n) is 4.27. The fraction of sp³-hybridized carbons (Fsp3) is 0.941. The van der Waals surface area contributed by atoms with Crippen molar-refractivity contribution in [3.63, 3.8) is 0 Å². The monoisotopic (exact) mass is 406 g/mol. The van der Waals surface area contributed by atoms with Gasteiger partial charge < -0.3 is 9.47 Å². The summed E-state index contributed by atoms with van der Waals surface area (Å²) in [6.07, 6.45) is 0.734. The normalized spacial score (nSPS) is 13.8. The van der Waals surface area contributed by atoms with Crippen LogP contribution in [0.4, 0.5) is 4.79 Å². The summed E-state index contributed by atoms with van der Waals surface area (Å²) in [5.41, 5.74) is 0. The highest BCUT2D eigenvalue weighted by atomic mass is 28.3. The molecule has 0 saturated heterocycles. The molecule has 0 aliphatic carbocycles. The van der Waals surface area contributed by atoms with Crippen molar-refractivity contribution in [2.75, 3.05) is 12.5 Å². The lowest BCUT2D eigenvalue weighted by molar-refractivity contribution is 0.0777. The molecule has 0 atom stereocenters. The van der Waals surface area contributed by atoms with Gasteiger partial charge in [0.05, 0.1) is 28.6 Å². The molecule has 0 saturated carbocycles. The topological polar surface area (TPSA) is 35.5 Å². The van der Waals surface area contributed by atoms with Crippen molar-refractivity contribution in [1.82, 2.24) is 0 Å². The summed E-state index contributed by atoms with van der Waals surface area (Å²) in [6.45, 7) is 23.7. The minimum Gasteiger partial charge on any atom is -0.438 e. The van der Waals surface area contributed by atoms with Crippen LogP contribution in [0.15, 0.2) is 0 Å². The molecule has 0 aromatic heterocycles. The van der Waals surface area contributed by atoms with Gasteiger partial charge in [0, 0.05) is 16.1 Å². The zero-order valence-corrected chi connectivity index (χ0v) is 22.0. The standard InChI is InChI=1S/C17H42O3Si4/c1-21(2,3)11-13-23(7,8)15-19-17(18)20-16-24(9,10)14-12-22(4,5)6/h11-16H2,1-10H3. The molecule has 0 rings (SSSR count). The van der Waals surface area contributed by atoms with E-state index in [0.29, 0.717) is 12.5 Å². The quantitative estimate of drug-likeness (QED) is 0.315. The Hall–Kier alpha value is 0.138. The second kappa shape index (κ2) is 9.18. The third-order valence-corrected chi connectivity index (χ3v) is 13.8. The van der Waals surface area contributed by atoms with Crippen LogP contribution < -0.4 is 0 Å². The maximum absolute atomic E-state index is 12.0. The molecule has 0 aromatic carbocycles. The van der Waals surface area contributed by atoms with Crippen LogP contribution in [0, 0.1) is 0 Å². The van der Waals surface area contributed by atoms with E-state index < -0.39 is 38.5 Å². The van der Waals surface area contributed by atoms with Crippen LogP contribution in [0.25, 0.3) is 0 Å². The van der Waals surface area contributed by atoms with Gasteiger partial charge >= 0.3 is 6.16 Å². The van der Waals surface area contributed by atoms with Crippen LogP contribution in [-0.4, -0.2) is 50.9 Å². The molecule has 0 fully saturated rings. The van der Waals surface area contributed by atoms with Gasteiger partial charge in [-0.1, -0.05) is 89.6 Å². The molecule has 0 spiro atoms. The molecule has 0 aliphatic rings. The number of rotatable bonds is 10. The summed E-state index contributed by atoms with van der Waals surface area (Å²) in [5, 5.41) is 0. The SMILES string of the molecule is C[Si](C)(C)CC[Si](C)(C)COC(=O)OC[Si](C)(C)CC[Si](C)(C)C. The Morgan fingerprint density at radius 2 is 0.875 bits per heavy atom. The average Bonchev–Trinajstić information content (AvgIpc) is 2.38.